The molecule has 2 aromatic heterocycles. The van der Waals surface area contributed by atoms with Gasteiger partial charge in [-0.2, -0.15) is 5.10 Å². The van der Waals surface area contributed by atoms with Crippen LogP contribution >= 0.6 is 11.6 Å². The molecule has 3 aromatic carbocycles. The van der Waals surface area contributed by atoms with Crippen LogP contribution in [0, 0.1) is 19.7 Å². The Bertz CT molecular complexity index is 2170. The number of amides is 2. The Kier molecular flexibility index (Phi) is 10.8. The first-order valence-electron chi connectivity index (χ1n) is 16.0. The van der Waals surface area contributed by atoms with Crippen molar-refractivity contribution in [2.75, 3.05) is 19.5 Å². The van der Waals surface area contributed by atoms with E-state index in [1.807, 2.05) is 45.9 Å². The smallest absolute Gasteiger partial charge is 0.337 e. The van der Waals surface area contributed by atoms with Gasteiger partial charge in [-0.25, -0.2) is 18.7 Å². The highest BCUT2D eigenvalue weighted by atomic mass is 35.5. The summed E-state index contributed by atoms with van der Waals surface area (Å²) in [5.41, 5.74) is 3.63. The third-order valence-corrected chi connectivity index (χ3v) is 8.53. The van der Waals surface area contributed by atoms with Crippen LogP contribution in [0.2, 0.25) is 5.02 Å². The molecular formula is C38H39ClFN5O6. The number of hydrogen-bond donors (Lipinski definition) is 2. The first-order valence-corrected chi connectivity index (χ1v) is 16.4. The van der Waals surface area contributed by atoms with E-state index < -0.39 is 23.4 Å². The number of carbonyl (C=O) groups is 2. The number of methoxy groups -OCH3 is 2. The number of pyridine rings is 1. The number of rotatable bonds is 10. The van der Waals surface area contributed by atoms with E-state index in [9.17, 15) is 18.8 Å². The average Bonchev–Trinajstić information content (AvgIpc) is 3.53. The Morgan fingerprint density at radius 3 is 2.43 bits per heavy atom. The second kappa shape index (κ2) is 15.1. The van der Waals surface area contributed by atoms with Gasteiger partial charge in [0.15, 0.2) is 0 Å². The lowest BCUT2D eigenvalue weighted by molar-refractivity contribution is 0.0600. The quantitative estimate of drug-likeness (QED) is 0.144. The van der Waals surface area contributed by atoms with Crippen LogP contribution in [0.4, 0.5) is 15.0 Å². The summed E-state index contributed by atoms with van der Waals surface area (Å²) in [6.45, 7) is 9.48. The molecule has 0 fully saturated rings. The van der Waals surface area contributed by atoms with Gasteiger partial charge in [0.1, 0.15) is 34.8 Å². The number of aryl methyl sites for hydroxylation is 2. The van der Waals surface area contributed by atoms with Crippen molar-refractivity contribution in [3.05, 3.63) is 128 Å². The first-order chi connectivity index (χ1) is 24.2. The summed E-state index contributed by atoms with van der Waals surface area (Å²) in [6.07, 6.45) is 0. The number of hydrogen-bond acceptors (Lipinski definition) is 7. The number of nitrogens with one attached hydrogen (secondary N) is 2. The van der Waals surface area contributed by atoms with Gasteiger partial charge in [0, 0.05) is 35.9 Å². The number of esters is 1. The highest BCUT2D eigenvalue weighted by molar-refractivity contribution is 6.31. The summed E-state index contributed by atoms with van der Waals surface area (Å²) in [7, 11) is 2.85. The van der Waals surface area contributed by atoms with Crippen molar-refractivity contribution in [1.29, 1.82) is 0 Å². The summed E-state index contributed by atoms with van der Waals surface area (Å²) in [5, 5.41) is 10.2. The van der Waals surface area contributed by atoms with Gasteiger partial charge in [-0.15, -0.1) is 0 Å². The minimum Gasteiger partial charge on any atom is -0.497 e. The Balaban J connectivity index is 1.34. The number of nitrogens with zero attached hydrogens (tertiary/aromatic N) is 3. The van der Waals surface area contributed by atoms with Crippen molar-refractivity contribution in [2.45, 2.75) is 53.2 Å². The lowest BCUT2D eigenvalue weighted by Gasteiger charge is -2.17. The number of anilines is 1. The minimum absolute atomic E-state index is 0.0358. The van der Waals surface area contributed by atoms with Crippen LogP contribution in [-0.4, -0.2) is 40.6 Å². The molecule has 51 heavy (non-hydrogen) atoms. The minimum atomic E-state index is -0.544. The fourth-order valence-electron chi connectivity index (χ4n) is 5.35. The largest absolute Gasteiger partial charge is 0.497 e. The summed E-state index contributed by atoms with van der Waals surface area (Å²) < 4.78 is 33.6. The fourth-order valence-corrected chi connectivity index (χ4v) is 5.54. The van der Waals surface area contributed by atoms with Crippen LogP contribution in [0.1, 0.15) is 59.2 Å². The molecule has 5 aromatic rings. The van der Waals surface area contributed by atoms with Crippen LogP contribution < -0.4 is 25.7 Å². The fraction of sp³-hybridized carbons (Fsp3) is 0.263. The number of benzene rings is 3. The maximum absolute atomic E-state index is 14.4. The molecule has 2 amide bonds. The molecule has 0 unspecified atom stereocenters. The van der Waals surface area contributed by atoms with Crippen LogP contribution in [0.5, 0.6) is 11.5 Å². The maximum Gasteiger partial charge on any atom is 0.337 e. The van der Waals surface area contributed by atoms with E-state index in [2.05, 4.69) is 10.6 Å². The zero-order chi connectivity index (χ0) is 37.0. The number of ether oxygens (including phenoxy) is 3. The van der Waals surface area contributed by atoms with E-state index in [0.29, 0.717) is 39.8 Å². The second-order valence-corrected chi connectivity index (χ2v) is 13.3. The molecule has 0 atom stereocenters. The van der Waals surface area contributed by atoms with Gasteiger partial charge in [-0.1, -0.05) is 50.6 Å². The van der Waals surface area contributed by atoms with Crippen LogP contribution in [-0.2, 0) is 23.3 Å². The molecule has 5 rings (SSSR count). The maximum atomic E-state index is 14.4. The van der Waals surface area contributed by atoms with Crippen molar-refractivity contribution in [3.63, 3.8) is 0 Å². The van der Waals surface area contributed by atoms with Crippen molar-refractivity contribution < 1.29 is 28.2 Å². The first kappa shape index (κ1) is 36.7. The standard InChI is InChI=1S/C38H39ClFN5O6/c1-22-11-12-24(36(47)50-7)17-30(22)44-23(2)15-31(34(39)35(44)46)51-21-25-13-14-27(40)16-26(25)20-41-37(48)42-33-19-32(38(3,4)5)43-45(33)28-9-8-10-29(18-28)49-6/h8-19H,20-21H2,1-7H3,(H2,41,42,48). The Labute approximate surface area is 299 Å². The zero-order valence-electron chi connectivity index (χ0n) is 29.4. The highest BCUT2D eigenvalue weighted by Gasteiger charge is 2.22. The van der Waals surface area contributed by atoms with E-state index in [1.165, 1.54) is 23.8 Å². The van der Waals surface area contributed by atoms with Crippen molar-refractivity contribution >= 4 is 29.4 Å². The number of halogens is 2. The molecule has 0 aliphatic heterocycles. The molecule has 13 heteroatoms. The summed E-state index contributed by atoms with van der Waals surface area (Å²) in [5.74, 6) is 0.154. The molecule has 0 aliphatic rings. The highest BCUT2D eigenvalue weighted by Crippen LogP contribution is 2.29. The van der Waals surface area contributed by atoms with Gasteiger partial charge >= 0.3 is 12.0 Å². The van der Waals surface area contributed by atoms with E-state index in [0.717, 1.165) is 11.3 Å². The van der Waals surface area contributed by atoms with Gasteiger partial charge < -0.3 is 19.5 Å². The molecule has 0 bridgehead atoms. The van der Waals surface area contributed by atoms with E-state index in [-0.39, 0.29) is 34.9 Å². The number of carbonyl (C=O) groups excluding carboxylic acids is 2. The van der Waals surface area contributed by atoms with E-state index in [1.54, 1.807) is 61.2 Å². The van der Waals surface area contributed by atoms with Crippen molar-refractivity contribution in [1.82, 2.24) is 19.7 Å². The number of urea groups is 1. The van der Waals surface area contributed by atoms with Gasteiger partial charge in [-0.05, 0) is 66.9 Å². The van der Waals surface area contributed by atoms with Gasteiger partial charge in [-0.3, -0.25) is 14.7 Å². The third-order valence-electron chi connectivity index (χ3n) is 8.18. The van der Waals surface area contributed by atoms with Crippen molar-refractivity contribution in [3.8, 4) is 22.9 Å². The Hall–Kier alpha value is -5.62. The van der Waals surface area contributed by atoms with Gasteiger partial charge in [0.25, 0.3) is 5.56 Å². The topological polar surface area (TPSA) is 126 Å². The summed E-state index contributed by atoms with van der Waals surface area (Å²) in [6, 6.07) is 19.2. The lowest BCUT2D eigenvalue weighted by atomic mass is 9.92. The van der Waals surface area contributed by atoms with E-state index >= 15 is 0 Å². The van der Waals surface area contributed by atoms with Crippen LogP contribution in [0.15, 0.2) is 77.6 Å². The lowest BCUT2D eigenvalue weighted by Crippen LogP contribution is -2.29. The zero-order valence-corrected chi connectivity index (χ0v) is 30.1. The third kappa shape index (κ3) is 8.24. The summed E-state index contributed by atoms with van der Waals surface area (Å²) >= 11 is 6.53. The molecule has 0 spiro atoms. The predicted octanol–water partition coefficient (Wildman–Crippen LogP) is 7.43. The molecule has 0 radical (unpaired) electrons. The molecule has 2 heterocycles. The molecule has 0 aliphatic carbocycles. The monoisotopic (exact) mass is 715 g/mol. The van der Waals surface area contributed by atoms with Crippen molar-refractivity contribution in [2.24, 2.45) is 0 Å². The molecule has 266 valence electrons. The molecule has 2 N–H and O–H groups in total. The predicted molar refractivity (Wildman–Crippen MR) is 193 cm³/mol. The molecule has 0 saturated heterocycles. The Morgan fingerprint density at radius 2 is 1.73 bits per heavy atom. The summed E-state index contributed by atoms with van der Waals surface area (Å²) in [4.78, 5) is 38.8. The van der Waals surface area contributed by atoms with Crippen LogP contribution in [0.25, 0.3) is 11.4 Å². The van der Waals surface area contributed by atoms with Crippen LogP contribution in [0.3, 0.4) is 0 Å². The Morgan fingerprint density at radius 1 is 0.961 bits per heavy atom. The van der Waals surface area contributed by atoms with E-state index in [4.69, 9.17) is 30.9 Å². The average molecular weight is 716 g/mol. The number of aromatic nitrogens is 3. The SMILES string of the molecule is COC(=O)c1ccc(C)c(-n2c(C)cc(OCc3ccc(F)cc3CNC(=O)Nc3cc(C(C)(C)C)nn3-c3cccc(OC)c3)c(Cl)c2=O)c1. The normalized spacial score (nSPS) is 11.2. The molecular weight excluding hydrogens is 677 g/mol. The molecule has 11 nitrogen and oxygen atoms in total. The second-order valence-electron chi connectivity index (χ2n) is 12.9. The van der Waals surface area contributed by atoms with Gasteiger partial charge in [0.2, 0.25) is 0 Å². The molecule has 0 saturated carbocycles. The van der Waals surface area contributed by atoms with Gasteiger partial charge in [0.05, 0.1) is 36.9 Å².